The summed E-state index contributed by atoms with van der Waals surface area (Å²) < 4.78 is 1.87. The predicted molar refractivity (Wildman–Crippen MR) is 59.8 cm³/mol. The first-order valence-corrected chi connectivity index (χ1v) is 4.86. The first kappa shape index (κ1) is 10.6. The summed E-state index contributed by atoms with van der Waals surface area (Å²) >= 11 is 0. The molecule has 1 heterocycles. The van der Waals surface area contributed by atoms with Crippen molar-refractivity contribution in [2.24, 2.45) is 7.05 Å². The van der Waals surface area contributed by atoms with Crippen molar-refractivity contribution in [3.05, 3.63) is 30.1 Å². The van der Waals surface area contributed by atoms with Crippen molar-refractivity contribution in [3.8, 4) is 0 Å². The predicted octanol–water partition coefficient (Wildman–Crippen LogP) is 1.21. The van der Waals surface area contributed by atoms with Crippen molar-refractivity contribution >= 4 is 16.9 Å². The van der Waals surface area contributed by atoms with E-state index in [0.29, 0.717) is 5.56 Å². The molecule has 0 aliphatic heterocycles. The number of hydroxylamine groups is 2. The fraction of sp³-hybridized carbons (Fsp3) is 0.273. The highest BCUT2D eigenvalue weighted by Gasteiger charge is 2.12. The van der Waals surface area contributed by atoms with Gasteiger partial charge in [0, 0.05) is 19.7 Å². The Morgan fingerprint density at radius 3 is 2.94 bits per heavy atom. The quantitative estimate of drug-likeness (QED) is 0.713. The smallest absolute Gasteiger partial charge is 0.277 e. The van der Waals surface area contributed by atoms with Crippen molar-refractivity contribution < 1.29 is 9.63 Å². The van der Waals surface area contributed by atoms with Crippen LogP contribution in [0.4, 0.5) is 0 Å². The summed E-state index contributed by atoms with van der Waals surface area (Å²) in [6.45, 7) is 0. The van der Waals surface area contributed by atoms with Crippen molar-refractivity contribution in [2.45, 2.75) is 0 Å². The van der Waals surface area contributed by atoms with Crippen LogP contribution in [0.1, 0.15) is 10.4 Å². The number of benzene rings is 1. The third-order valence-electron chi connectivity index (χ3n) is 2.53. The minimum Gasteiger partial charge on any atom is -0.334 e. The standard InChI is InChI=1S/C11H13N3O2/c1-13-7-12-9-5-4-8(6-10(9)13)11(15)14(2)16-3/h4-7H,1-3H3. The van der Waals surface area contributed by atoms with E-state index in [4.69, 9.17) is 4.84 Å². The van der Waals surface area contributed by atoms with E-state index in [1.165, 1.54) is 12.2 Å². The molecule has 16 heavy (non-hydrogen) atoms. The number of carbonyl (C=O) groups is 1. The lowest BCUT2D eigenvalue weighted by Crippen LogP contribution is -2.25. The summed E-state index contributed by atoms with van der Waals surface area (Å²) in [6.07, 6.45) is 1.72. The Bertz CT molecular complexity index is 533. The van der Waals surface area contributed by atoms with Gasteiger partial charge < -0.3 is 4.57 Å². The van der Waals surface area contributed by atoms with Crippen LogP contribution in [0.2, 0.25) is 0 Å². The molecule has 0 unspecified atom stereocenters. The molecule has 0 atom stereocenters. The van der Waals surface area contributed by atoms with Crippen LogP contribution in [0.5, 0.6) is 0 Å². The number of amides is 1. The Kier molecular flexibility index (Phi) is 2.62. The van der Waals surface area contributed by atoms with Crippen molar-refractivity contribution in [1.82, 2.24) is 14.6 Å². The normalized spacial score (nSPS) is 10.7. The Morgan fingerprint density at radius 2 is 2.25 bits per heavy atom. The van der Waals surface area contributed by atoms with E-state index >= 15 is 0 Å². The third-order valence-corrected chi connectivity index (χ3v) is 2.53. The van der Waals surface area contributed by atoms with Crippen molar-refractivity contribution in [3.63, 3.8) is 0 Å². The lowest BCUT2D eigenvalue weighted by Gasteiger charge is -2.13. The molecule has 0 fully saturated rings. The Balaban J connectivity index is 2.46. The van der Waals surface area contributed by atoms with Gasteiger partial charge in [-0.1, -0.05) is 0 Å². The number of rotatable bonds is 2. The third kappa shape index (κ3) is 1.65. The van der Waals surface area contributed by atoms with Gasteiger partial charge in [0.1, 0.15) is 0 Å². The number of carbonyl (C=O) groups excluding carboxylic acids is 1. The van der Waals surface area contributed by atoms with Crippen LogP contribution in [0.15, 0.2) is 24.5 Å². The molecule has 5 nitrogen and oxygen atoms in total. The second kappa shape index (κ2) is 3.94. The largest absolute Gasteiger partial charge is 0.334 e. The molecule has 0 N–H and O–H groups in total. The van der Waals surface area contributed by atoms with Gasteiger partial charge in [-0.3, -0.25) is 9.63 Å². The summed E-state index contributed by atoms with van der Waals surface area (Å²) in [5.41, 5.74) is 2.38. The molecule has 0 aliphatic rings. The van der Waals surface area contributed by atoms with E-state index in [1.807, 2.05) is 17.7 Å². The molecule has 1 amide bonds. The molecular formula is C11H13N3O2. The fourth-order valence-corrected chi connectivity index (χ4v) is 1.52. The van der Waals surface area contributed by atoms with Gasteiger partial charge in [0.2, 0.25) is 0 Å². The molecular weight excluding hydrogens is 206 g/mol. The highest BCUT2D eigenvalue weighted by molar-refractivity contribution is 5.96. The highest BCUT2D eigenvalue weighted by Crippen LogP contribution is 2.15. The number of aryl methyl sites for hydroxylation is 1. The van der Waals surface area contributed by atoms with Crippen LogP contribution < -0.4 is 0 Å². The molecule has 0 saturated heterocycles. The summed E-state index contributed by atoms with van der Waals surface area (Å²) in [5.74, 6) is -0.175. The SMILES string of the molecule is CON(C)C(=O)c1ccc2ncn(C)c2c1. The fourth-order valence-electron chi connectivity index (χ4n) is 1.52. The topological polar surface area (TPSA) is 47.4 Å². The zero-order valence-corrected chi connectivity index (χ0v) is 9.47. The van der Waals surface area contributed by atoms with Gasteiger partial charge in [-0.25, -0.2) is 10.0 Å². The average Bonchev–Trinajstić information content (AvgIpc) is 2.68. The Hall–Kier alpha value is -1.88. The zero-order chi connectivity index (χ0) is 11.7. The average molecular weight is 219 g/mol. The van der Waals surface area contributed by atoms with Gasteiger partial charge in [-0.15, -0.1) is 0 Å². The molecule has 5 heteroatoms. The number of nitrogens with zero attached hydrogens (tertiary/aromatic N) is 3. The number of aromatic nitrogens is 2. The maximum Gasteiger partial charge on any atom is 0.277 e. The Labute approximate surface area is 93.2 Å². The van der Waals surface area contributed by atoms with E-state index in [9.17, 15) is 4.79 Å². The van der Waals surface area contributed by atoms with E-state index < -0.39 is 0 Å². The van der Waals surface area contributed by atoms with E-state index in [2.05, 4.69) is 4.98 Å². The summed E-state index contributed by atoms with van der Waals surface area (Å²) in [7, 11) is 4.93. The van der Waals surface area contributed by atoms with Crippen LogP contribution in [0, 0.1) is 0 Å². The number of imidazole rings is 1. The second-order valence-electron chi connectivity index (χ2n) is 3.54. The molecule has 84 valence electrons. The van der Waals surface area contributed by atoms with Crippen molar-refractivity contribution in [1.29, 1.82) is 0 Å². The summed E-state index contributed by atoms with van der Waals surface area (Å²) in [6, 6.07) is 5.37. The molecule has 0 aliphatic carbocycles. The summed E-state index contributed by atoms with van der Waals surface area (Å²) in [4.78, 5) is 20.9. The van der Waals surface area contributed by atoms with Crippen LogP contribution in [-0.4, -0.2) is 34.7 Å². The van der Waals surface area contributed by atoms with Gasteiger partial charge in [0.25, 0.3) is 5.91 Å². The number of fused-ring (bicyclic) bond motifs is 1. The molecule has 0 saturated carbocycles. The van der Waals surface area contributed by atoms with Crippen LogP contribution >= 0.6 is 0 Å². The highest BCUT2D eigenvalue weighted by atomic mass is 16.7. The summed E-state index contributed by atoms with van der Waals surface area (Å²) in [5, 5.41) is 1.19. The molecule has 0 radical (unpaired) electrons. The Morgan fingerprint density at radius 1 is 1.50 bits per heavy atom. The lowest BCUT2D eigenvalue weighted by molar-refractivity contribution is -0.0756. The van der Waals surface area contributed by atoms with Gasteiger partial charge in [-0.2, -0.15) is 0 Å². The molecule has 0 spiro atoms. The minimum absolute atomic E-state index is 0.175. The first-order valence-electron chi connectivity index (χ1n) is 4.86. The maximum atomic E-state index is 11.8. The van der Waals surface area contributed by atoms with Crippen LogP contribution in [0.25, 0.3) is 11.0 Å². The van der Waals surface area contributed by atoms with Crippen LogP contribution in [0.3, 0.4) is 0 Å². The van der Waals surface area contributed by atoms with Gasteiger partial charge >= 0.3 is 0 Å². The van der Waals surface area contributed by atoms with Crippen LogP contribution in [-0.2, 0) is 11.9 Å². The molecule has 2 rings (SSSR count). The lowest BCUT2D eigenvalue weighted by atomic mass is 10.2. The number of hydrogen-bond donors (Lipinski definition) is 0. The molecule has 2 aromatic rings. The number of hydrogen-bond acceptors (Lipinski definition) is 3. The zero-order valence-electron chi connectivity index (χ0n) is 9.47. The maximum absolute atomic E-state index is 11.8. The van der Waals surface area contributed by atoms with E-state index in [-0.39, 0.29) is 5.91 Å². The van der Waals surface area contributed by atoms with E-state index in [1.54, 1.807) is 25.5 Å². The monoisotopic (exact) mass is 219 g/mol. The molecule has 0 bridgehead atoms. The molecule has 1 aromatic carbocycles. The van der Waals surface area contributed by atoms with Crippen molar-refractivity contribution in [2.75, 3.05) is 14.2 Å². The second-order valence-corrected chi connectivity index (χ2v) is 3.54. The van der Waals surface area contributed by atoms with Gasteiger partial charge in [0.05, 0.1) is 24.5 Å². The van der Waals surface area contributed by atoms with Gasteiger partial charge in [-0.05, 0) is 18.2 Å². The first-order chi connectivity index (χ1) is 7.63. The van der Waals surface area contributed by atoms with E-state index in [0.717, 1.165) is 11.0 Å². The minimum atomic E-state index is -0.175. The molecule has 1 aromatic heterocycles. The van der Waals surface area contributed by atoms with Gasteiger partial charge in [0.15, 0.2) is 0 Å².